The fourth-order valence-corrected chi connectivity index (χ4v) is 2.91. The Morgan fingerprint density at radius 1 is 0.545 bits per heavy atom. The average molecular weight is 436 g/mol. The minimum atomic E-state index is 0.802. The lowest BCUT2D eigenvalue weighted by molar-refractivity contribution is 0.297. The normalized spacial score (nSPS) is 10.6. The van der Waals surface area contributed by atoms with Crippen molar-refractivity contribution in [2.24, 2.45) is 0 Å². The summed E-state index contributed by atoms with van der Waals surface area (Å²) in [4.78, 5) is 0. The van der Waals surface area contributed by atoms with Crippen LogP contribution in [0.15, 0.2) is 24.3 Å². The zero-order valence-corrected chi connectivity index (χ0v) is 16.5. The highest BCUT2D eigenvalue weighted by Gasteiger charge is 1.97. The molecular formula is C18H28Br2O2. The average Bonchev–Trinajstić information content (AvgIpc) is 2.55. The van der Waals surface area contributed by atoms with Crippen LogP contribution in [0.1, 0.15) is 51.4 Å². The van der Waals surface area contributed by atoms with E-state index in [9.17, 15) is 0 Å². The zero-order valence-electron chi connectivity index (χ0n) is 13.4. The number of unbranched alkanes of at least 4 members (excludes halogenated alkanes) is 6. The van der Waals surface area contributed by atoms with E-state index in [1.165, 1.54) is 38.5 Å². The molecule has 0 saturated heterocycles. The number of alkyl halides is 2. The minimum Gasteiger partial charge on any atom is -0.494 e. The van der Waals surface area contributed by atoms with Crippen molar-refractivity contribution >= 4 is 31.9 Å². The highest BCUT2D eigenvalue weighted by Crippen LogP contribution is 2.18. The van der Waals surface area contributed by atoms with Crippen LogP contribution < -0.4 is 9.47 Å². The summed E-state index contributed by atoms with van der Waals surface area (Å²) in [6, 6.07) is 7.99. The van der Waals surface area contributed by atoms with Crippen molar-refractivity contribution < 1.29 is 9.47 Å². The lowest BCUT2D eigenvalue weighted by Gasteiger charge is -2.08. The summed E-state index contributed by atoms with van der Waals surface area (Å²) < 4.78 is 11.5. The van der Waals surface area contributed by atoms with Gasteiger partial charge >= 0.3 is 0 Å². The quantitative estimate of drug-likeness (QED) is 0.250. The molecule has 0 atom stereocenters. The predicted octanol–water partition coefficient (Wildman–Crippen LogP) is 6.35. The fraction of sp³-hybridized carbons (Fsp3) is 0.667. The minimum absolute atomic E-state index is 0.802. The van der Waals surface area contributed by atoms with Gasteiger partial charge in [0.2, 0.25) is 0 Å². The Bertz CT molecular complexity index is 320. The second-order valence-electron chi connectivity index (χ2n) is 5.37. The summed E-state index contributed by atoms with van der Waals surface area (Å²) in [5, 5.41) is 2.21. The van der Waals surface area contributed by atoms with Crippen molar-refractivity contribution in [1.82, 2.24) is 0 Å². The molecule has 0 aromatic heterocycles. The van der Waals surface area contributed by atoms with E-state index in [-0.39, 0.29) is 0 Å². The third kappa shape index (κ3) is 10.5. The molecule has 0 bridgehead atoms. The Morgan fingerprint density at radius 2 is 0.909 bits per heavy atom. The van der Waals surface area contributed by atoms with Crippen LogP contribution in [-0.2, 0) is 0 Å². The first kappa shape index (κ1) is 19.8. The van der Waals surface area contributed by atoms with Gasteiger partial charge in [0.1, 0.15) is 11.5 Å². The molecule has 2 nitrogen and oxygen atoms in total. The number of hydrogen-bond donors (Lipinski definition) is 0. The van der Waals surface area contributed by atoms with Gasteiger partial charge < -0.3 is 9.47 Å². The van der Waals surface area contributed by atoms with Crippen LogP contribution >= 0.6 is 31.9 Å². The Balaban J connectivity index is 2.07. The summed E-state index contributed by atoms with van der Waals surface area (Å²) in [6.45, 7) is 1.60. The van der Waals surface area contributed by atoms with Gasteiger partial charge in [0, 0.05) is 10.7 Å². The van der Waals surface area contributed by atoms with Crippen LogP contribution in [-0.4, -0.2) is 23.9 Å². The lowest BCUT2D eigenvalue weighted by Crippen LogP contribution is -1.99. The van der Waals surface area contributed by atoms with E-state index in [2.05, 4.69) is 31.9 Å². The highest BCUT2D eigenvalue weighted by molar-refractivity contribution is 9.09. The molecule has 1 aromatic carbocycles. The smallest absolute Gasteiger partial charge is 0.119 e. The van der Waals surface area contributed by atoms with Gasteiger partial charge in [-0.1, -0.05) is 57.5 Å². The molecule has 0 unspecified atom stereocenters. The van der Waals surface area contributed by atoms with E-state index >= 15 is 0 Å². The monoisotopic (exact) mass is 434 g/mol. The van der Waals surface area contributed by atoms with E-state index in [1.54, 1.807) is 0 Å². The number of ether oxygens (including phenoxy) is 2. The largest absolute Gasteiger partial charge is 0.494 e. The molecule has 1 rings (SSSR count). The molecule has 0 radical (unpaired) electrons. The topological polar surface area (TPSA) is 18.5 Å². The van der Waals surface area contributed by atoms with Gasteiger partial charge in [0.05, 0.1) is 13.2 Å². The number of halogens is 2. The molecular weight excluding hydrogens is 408 g/mol. The van der Waals surface area contributed by atoms with Crippen molar-refractivity contribution in [3.8, 4) is 11.5 Å². The molecule has 0 saturated carbocycles. The van der Waals surface area contributed by atoms with Crippen LogP contribution in [0.5, 0.6) is 11.5 Å². The van der Waals surface area contributed by atoms with Crippen molar-refractivity contribution in [3.05, 3.63) is 24.3 Å². The van der Waals surface area contributed by atoms with Crippen molar-refractivity contribution in [2.45, 2.75) is 51.4 Å². The van der Waals surface area contributed by atoms with E-state index in [0.29, 0.717) is 0 Å². The van der Waals surface area contributed by atoms with Crippen LogP contribution in [0.3, 0.4) is 0 Å². The molecule has 0 aliphatic heterocycles. The Morgan fingerprint density at radius 3 is 1.27 bits per heavy atom. The number of hydrogen-bond acceptors (Lipinski definition) is 2. The fourth-order valence-electron chi connectivity index (χ4n) is 2.11. The molecule has 126 valence electrons. The Labute approximate surface area is 152 Å². The molecule has 1 aromatic rings. The second kappa shape index (κ2) is 14.4. The molecule has 0 fully saturated rings. The molecule has 4 heteroatoms. The van der Waals surface area contributed by atoms with Crippen molar-refractivity contribution in [1.29, 1.82) is 0 Å². The maximum atomic E-state index is 5.74. The number of benzene rings is 1. The second-order valence-corrected chi connectivity index (χ2v) is 6.96. The first-order chi connectivity index (χ1) is 10.9. The maximum absolute atomic E-state index is 5.74. The van der Waals surface area contributed by atoms with Crippen molar-refractivity contribution in [2.75, 3.05) is 23.9 Å². The Hall–Kier alpha value is -0.220. The van der Waals surface area contributed by atoms with Crippen LogP contribution in [0.4, 0.5) is 0 Å². The SMILES string of the molecule is BrCCCCCCOc1ccc(OCCCCCCBr)cc1. The number of rotatable bonds is 14. The zero-order chi connectivity index (χ0) is 15.9. The van der Waals surface area contributed by atoms with Crippen LogP contribution in [0.25, 0.3) is 0 Å². The summed E-state index contributed by atoms with van der Waals surface area (Å²) in [6.07, 6.45) is 9.78. The summed E-state index contributed by atoms with van der Waals surface area (Å²) in [5.74, 6) is 1.87. The van der Waals surface area contributed by atoms with Crippen LogP contribution in [0.2, 0.25) is 0 Å². The van der Waals surface area contributed by atoms with Crippen LogP contribution in [0, 0.1) is 0 Å². The highest BCUT2D eigenvalue weighted by atomic mass is 79.9. The van der Waals surface area contributed by atoms with E-state index in [1.807, 2.05) is 24.3 Å². The summed E-state index contributed by atoms with van der Waals surface area (Å²) in [5.41, 5.74) is 0. The van der Waals surface area contributed by atoms with Gasteiger partial charge in [-0.3, -0.25) is 0 Å². The van der Waals surface area contributed by atoms with E-state index in [4.69, 9.17) is 9.47 Å². The summed E-state index contributed by atoms with van der Waals surface area (Å²) in [7, 11) is 0. The first-order valence-corrected chi connectivity index (χ1v) is 10.6. The molecule has 0 heterocycles. The van der Waals surface area contributed by atoms with Gasteiger partial charge in [0.15, 0.2) is 0 Å². The van der Waals surface area contributed by atoms with Gasteiger partial charge in [-0.25, -0.2) is 0 Å². The standard InChI is InChI=1S/C18H28Br2O2/c19-13-5-1-3-7-15-21-17-9-11-18(12-10-17)22-16-8-4-2-6-14-20/h9-12H,1-8,13-16H2. The Kier molecular flexibility index (Phi) is 13.0. The van der Waals surface area contributed by atoms with Gasteiger partial charge in [0.25, 0.3) is 0 Å². The lowest BCUT2D eigenvalue weighted by atomic mass is 10.2. The maximum Gasteiger partial charge on any atom is 0.119 e. The van der Waals surface area contributed by atoms with Gasteiger partial charge in [-0.15, -0.1) is 0 Å². The molecule has 0 aliphatic rings. The third-order valence-corrected chi connectivity index (χ3v) is 4.54. The molecule has 0 spiro atoms. The van der Waals surface area contributed by atoms with Gasteiger partial charge in [-0.05, 0) is 49.9 Å². The van der Waals surface area contributed by atoms with E-state index in [0.717, 1.165) is 48.2 Å². The first-order valence-electron chi connectivity index (χ1n) is 8.34. The van der Waals surface area contributed by atoms with Crippen molar-refractivity contribution in [3.63, 3.8) is 0 Å². The predicted molar refractivity (Wildman–Crippen MR) is 102 cm³/mol. The van der Waals surface area contributed by atoms with Gasteiger partial charge in [-0.2, -0.15) is 0 Å². The summed E-state index contributed by atoms with van der Waals surface area (Å²) >= 11 is 6.90. The third-order valence-electron chi connectivity index (χ3n) is 3.42. The molecule has 0 aliphatic carbocycles. The molecule has 22 heavy (non-hydrogen) atoms. The van der Waals surface area contributed by atoms with E-state index < -0.39 is 0 Å². The molecule has 0 N–H and O–H groups in total. The molecule has 0 amide bonds.